The highest BCUT2D eigenvalue weighted by atomic mass is 16.1. The van der Waals surface area contributed by atoms with Crippen LogP contribution in [-0.2, 0) is 6.54 Å². The summed E-state index contributed by atoms with van der Waals surface area (Å²) in [5.74, 6) is 0.662. The van der Waals surface area contributed by atoms with E-state index in [4.69, 9.17) is 5.73 Å². The van der Waals surface area contributed by atoms with Crippen molar-refractivity contribution in [3.8, 4) is 11.1 Å². The molecule has 0 aliphatic heterocycles. The molecule has 0 atom stereocenters. The first kappa shape index (κ1) is 21.1. The molecule has 31 heavy (non-hydrogen) atoms. The van der Waals surface area contributed by atoms with E-state index in [1.54, 1.807) is 0 Å². The van der Waals surface area contributed by atoms with Crippen molar-refractivity contribution >= 4 is 17.3 Å². The summed E-state index contributed by atoms with van der Waals surface area (Å²) in [5.41, 5.74) is 11.2. The van der Waals surface area contributed by atoms with Crippen LogP contribution < -0.4 is 16.4 Å². The molecule has 0 spiro atoms. The summed E-state index contributed by atoms with van der Waals surface area (Å²) in [4.78, 5) is 12.8. The van der Waals surface area contributed by atoms with E-state index in [2.05, 4.69) is 10.6 Å². The van der Waals surface area contributed by atoms with Crippen LogP contribution in [0.1, 0.15) is 48.0 Å². The second kappa shape index (κ2) is 10.3. The van der Waals surface area contributed by atoms with E-state index < -0.39 is 0 Å². The molecular formula is C27H31N3O. The fourth-order valence-corrected chi connectivity index (χ4v) is 4.26. The summed E-state index contributed by atoms with van der Waals surface area (Å²) < 4.78 is 0. The average Bonchev–Trinajstić information content (AvgIpc) is 2.82. The molecule has 1 saturated carbocycles. The zero-order valence-corrected chi connectivity index (χ0v) is 17.9. The largest absolute Gasteiger partial charge is 0.397 e. The Bertz CT molecular complexity index is 993. The molecule has 4 heteroatoms. The third-order valence-corrected chi connectivity index (χ3v) is 6.11. The second-order valence-corrected chi connectivity index (χ2v) is 8.45. The summed E-state index contributed by atoms with van der Waals surface area (Å²) in [7, 11) is 0. The zero-order valence-electron chi connectivity index (χ0n) is 17.9. The molecule has 4 nitrogen and oxygen atoms in total. The van der Waals surface area contributed by atoms with Crippen LogP contribution in [0.25, 0.3) is 11.1 Å². The van der Waals surface area contributed by atoms with Crippen molar-refractivity contribution in [1.29, 1.82) is 0 Å². The van der Waals surface area contributed by atoms with Crippen molar-refractivity contribution in [3.05, 3.63) is 83.9 Å². The van der Waals surface area contributed by atoms with E-state index in [9.17, 15) is 4.79 Å². The summed E-state index contributed by atoms with van der Waals surface area (Å²) >= 11 is 0. The SMILES string of the molecule is Nc1ccc(-c2ccccc2)cc1NC(=O)c1ccc(CNCC2CCCCC2)cc1. The Kier molecular flexibility index (Phi) is 7.00. The molecule has 1 aliphatic rings. The van der Waals surface area contributed by atoms with Gasteiger partial charge in [0.1, 0.15) is 0 Å². The molecule has 0 radical (unpaired) electrons. The molecule has 3 aromatic rings. The number of hydrogen-bond donors (Lipinski definition) is 3. The number of carbonyl (C=O) groups excluding carboxylic acids is 1. The van der Waals surface area contributed by atoms with Gasteiger partial charge < -0.3 is 16.4 Å². The highest BCUT2D eigenvalue weighted by Gasteiger charge is 2.13. The van der Waals surface area contributed by atoms with Crippen molar-refractivity contribution in [2.75, 3.05) is 17.6 Å². The molecule has 4 N–H and O–H groups in total. The van der Waals surface area contributed by atoms with Gasteiger partial charge in [-0.3, -0.25) is 4.79 Å². The molecule has 0 bridgehead atoms. The Labute approximate surface area is 184 Å². The summed E-state index contributed by atoms with van der Waals surface area (Å²) in [6, 6.07) is 23.6. The molecule has 1 amide bonds. The fourth-order valence-electron chi connectivity index (χ4n) is 4.26. The topological polar surface area (TPSA) is 67.1 Å². The van der Waals surface area contributed by atoms with E-state index in [0.29, 0.717) is 16.9 Å². The molecule has 0 heterocycles. The lowest BCUT2D eigenvalue weighted by Crippen LogP contribution is -2.24. The number of nitrogens with one attached hydrogen (secondary N) is 2. The molecule has 0 saturated heterocycles. The number of carbonyl (C=O) groups is 1. The van der Waals surface area contributed by atoms with Crippen molar-refractivity contribution in [3.63, 3.8) is 0 Å². The van der Waals surface area contributed by atoms with Gasteiger partial charge in [0.25, 0.3) is 5.91 Å². The van der Waals surface area contributed by atoms with Crippen LogP contribution in [0.15, 0.2) is 72.8 Å². The standard InChI is InChI=1S/C27H31N3O/c28-25-16-15-24(22-9-5-2-6-10-22)17-26(25)30-27(31)23-13-11-21(12-14-23)19-29-18-20-7-3-1-4-8-20/h2,5-6,9-17,20,29H,1,3-4,7-8,18-19,28H2,(H,30,31). The van der Waals surface area contributed by atoms with Crippen LogP contribution in [0, 0.1) is 5.92 Å². The molecule has 0 unspecified atom stereocenters. The van der Waals surface area contributed by atoms with Crippen LogP contribution in [0.3, 0.4) is 0 Å². The Balaban J connectivity index is 1.35. The molecule has 1 fully saturated rings. The minimum absolute atomic E-state index is 0.154. The van der Waals surface area contributed by atoms with Gasteiger partial charge >= 0.3 is 0 Å². The molecular weight excluding hydrogens is 382 g/mol. The van der Waals surface area contributed by atoms with Crippen LogP contribution in [-0.4, -0.2) is 12.5 Å². The number of anilines is 2. The van der Waals surface area contributed by atoms with Gasteiger partial charge in [0.2, 0.25) is 0 Å². The van der Waals surface area contributed by atoms with E-state index in [1.165, 1.54) is 37.7 Å². The Morgan fingerprint density at radius 3 is 2.35 bits per heavy atom. The third-order valence-electron chi connectivity index (χ3n) is 6.11. The molecule has 0 aromatic heterocycles. The van der Waals surface area contributed by atoms with Crippen molar-refractivity contribution in [1.82, 2.24) is 5.32 Å². The Hall–Kier alpha value is -3.11. The van der Waals surface area contributed by atoms with Gasteiger partial charge in [-0.25, -0.2) is 0 Å². The normalized spacial score (nSPS) is 14.3. The summed E-state index contributed by atoms with van der Waals surface area (Å²) in [6.45, 7) is 1.92. The Morgan fingerprint density at radius 2 is 1.61 bits per heavy atom. The van der Waals surface area contributed by atoms with Gasteiger partial charge in [0.15, 0.2) is 0 Å². The maximum atomic E-state index is 12.8. The van der Waals surface area contributed by atoms with Gasteiger partial charge in [-0.1, -0.05) is 67.8 Å². The van der Waals surface area contributed by atoms with Gasteiger partial charge in [-0.2, -0.15) is 0 Å². The number of benzene rings is 3. The maximum Gasteiger partial charge on any atom is 0.255 e. The quantitative estimate of drug-likeness (QED) is 0.425. The number of nitrogen functional groups attached to an aromatic ring is 1. The van der Waals surface area contributed by atoms with Crippen LogP contribution in [0.2, 0.25) is 0 Å². The zero-order chi connectivity index (χ0) is 21.5. The first-order chi connectivity index (χ1) is 15.2. The van der Waals surface area contributed by atoms with Crippen molar-refractivity contribution in [2.24, 2.45) is 5.92 Å². The summed E-state index contributed by atoms with van der Waals surface area (Å²) in [5, 5.41) is 6.53. The smallest absolute Gasteiger partial charge is 0.255 e. The molecule has 160 valence electrons. The first-order valence-corrected chi connectivity index (χ1v) is 11.2. The number of nitrogens with two attached hydrogens (primary N) is 1. The Morgan fingerprint density at radius 1 is 0.871 bits per heavy atom. The highest BCUT2D eigenvalue weighted by molar-refractivity contribution is 6.06. The van der Waals surface area contributed by atoms with Crippen LogP contribution in [0.4, 0.5) is 11.4 Å². The van der Waals surface area contributed by atoms with Crippen molar-refractivity contribution < 1.29 is 4.79 Å². The predicted molar refractivity (Wildman–Crippen MR) is 129 cm³/mol. The molecule has 4 rings (SSSR count). The van der Waals surface area contributed by atoms with Gasteiger partial charge in [-0.05, 0) is 66.3 Å². The lowest BCUT2D eigenvalue weighted by Gasteiger charge is -2.21. The van der Waals surface area contributed by atoms with Gasteiger partial charge in [-0.15, -0.1) is 0 Å². The minimum Gasteiger partial charge on any atom is -0.397 e. The molecule has 3 aromatic carbocycles. The third kappa shape index (κ3) is 5.74. The second-order valence-electron chi connectivity index (χ2n) is 8.45. The monoisotopic (exact) mass is 413 g/mol. The minimum atomic E-state index is -0.154. The molecule has 1 aliphatic carbocycles. The van der Waals surface area contributed by atoms with E-state index >= 15 is 0 Å². The number of hydrogen-bond acceptors (Lipinski definition) is 3. The average molecular weight is 414 g/mol. The maximum absolute atomic E-state index is 12.8. The summed E-state index contributed by atoms with van der Waals surface area (Å²) in [6.07, 6.45) is 6.83. The van der Waals surface area contributed by atoms with Gasteiger partial charge in [0.05, 0.1) is 11.4 Å². The highest BCUT2D eigenvalue weighted by Crippen LogP contribution is 2.27. The lowest BCUT2D eigenvalue weighted by molar-refractivity contribution is 0.102. The fraction of sp³-hybridized carbons (Fsp3) is 0.296. The lowest BCUT2D eigenvalue weighted by atomic mass is 9.89. The predicted octanol–water partition coefficient (Wildman–Crippen LogP) is 5.86. The van der Waals surface area contributed by atoms with E-state index in [0.717, 1.165) is 30.1 Å². The van der Waals surface area contributed by atoms with Crippen molar-refractivity contribution in [2.45, 2.75) is 38.6 Å². The van der Waals surface area contributed by atoms with Crippen LogP contribution in [0.5, 0.6) is 0 Å². The van der Waals surface area contributed by atoms with E-state index in [1.807, 2.05) is 72.8 Å². The number of amides is 1. The van der Waals surface area contributed by atoms with Gasteiger partial charge in [0, 0.05) is 12.1 Å². The first-order valence-electron chi connectivity index (χ1n) is 11.2. The van der Waals surface area contributed by atoms with E-state index in [-0.39, 0.29) is 5.91 Å². The van der Waals surface area contributed by atoms with Crippen LogP contribution >= 0.6 is 0 Å². The number of rotatable bonds is 7.